The Hall–Kier alpha value is -2.07. The van der Waals surface area contributed by atoms with E-state index >= 15 is 0 Å². The average Bonchev–Trinajstić information content (AvgIpc) is 3.10. The topological polar surface area (TPSA) is 34.0 Å². The molecule has 3 nitrogen and oxygen atoms in total. The fraction of sp³-hybridized carbons (Fsp3) is 0.211. The highest BCUT2D eigenvalue weighted by atomic mass is 79.9. The number of carbonyl (C=O) groups is 1. The third-order valence-electron chi connectivity index (χ3n) is 4.47. The summed E-state index contributed by atoms with van der Waals surface area (Å²) in [4.78, 5) is 12.4. The van der Waals surface area contributed by atoms with E-state index in [9.17, 15) is 4.79 Å². The van der Waals surface area contributed by atoms with Gasteiger partial charge in [0.05, 0.1) is 0 Å². The Morgan fingerprint density at radius 1 is 1.13 bits per heavy atom. The molecule has 1 aliphatic carbocycles. The zero-order chi connectivity index (χ0) is 15.8. The smallest absolute Gasteiger partial charge is 0.240 e. The van der Waals surface area contributed by atoms with Crippen LogP contribution in [0.1, 0.15) is 11.1 Å². The van der Waals surface area contributed by atoms with E-state index in [2.05, 4.69) is 51.6 Å². The molecular weight excluding hydrogens is 352 g/mol. The number of fused-ring (bicyclic) bond motifs is 2. The third-order valence-corrected chi connectivity index (χ3v) is 4.96. The van der Waals surface area contributed by atoms with Gasteiger partial charge in [0, 0.05) is 22.2 Å². The van der Waals surface area contributed by atoms with Crippen LogP contribution < -0.4 is 5.32 Å². The lowest BCUT2D eigenvalue weighted by Gasteiger charge is -2.13. The molecule has 116 valence electrons. The van der Waals surface area contributed by atoms with E-state index in [4.69, 9.17) is 0 Å². The highest BCUT2D eigenvalue weighted by molar-refractivity contribution is 9.10. The second kappa shape index (κ2) is 5.85. The average molecular weight is 369 g/mol. The normalized spacial score (nSPS) is 14.1. The van der Waals surface area contributed by atoms with Gasteiger partial charge >= 0.3 is 0 Å². The quantitative estimate of drug-likeness (QED) is 0.751. The molecule has 0 atom stereocenters. The summed E-state index contributed by atoms with van der Waals surface area (Å²) < 4.78 is 3.02. The lowest BCUT2D eigenvalue weighted by atomic mass is 10.1. The summed E-state index contributed by atoms with van der Waals surface area (Å²) in [5.74, 6) is 0.0697. The molecule has 3 aromatic rings. The third kappa shape index (κ3) is 2.91. The number of rotatable bonds is 3. The summed E-state index contributed by atoms with van der Waals surface area (Å²) in [6.45, 7) is 0.354. The van der Waals surface area contributed by atoms with Gasteiger partial charge in [0.15, 0.2) is 0 Å². The minimum atomic E-state index is 0.0697. The van der Waals surface area contributed by atoms with E-state index in [1.807, 2.05) is 29.0 Å². The molecule has 1 N–H and O–H groups in total. The van der Waals surface area contributed by atoms with Crippen molar-refractivity contribution < 1.29 is 4.79 Å². The van der Waals surface area contributed by atoms with Gasteiger partial charge in [0.2, 0.25) is 5.91 Å². The molecule has 0 saturated carbocycles. The van der Waals surface area contributed by atoms with Crippen LogP contribution in [-0.2, 0) is 24.2 Å². The molecular formula is C19H17BrN2O. The first kappa shape index (κ1) is 14.5. The Morgan fingerprint density at radius 2 is 1.87 bits per heavy atom. The number of hydrogen-bond donors (Lipinski definition) is 1. The van der Waals surface area contributed by atoms with Crippen LogP contribution in [0.4, 0.5) is 0 Å². The molecule has 0 fully saturated rings. The van der Waals surface area contributed by atoms with Crippen molar-refractivity contribution in [1.29, 1.82) is 0 Å². The van der Waals surface area contributed by atoms with E-state index in [0.29, 0.717) is 6.54 Å². The number of amides is 1. The van der Waals surface area contributed by atoms with Crippen LogP contribution in [0.3, 0.4) is 0 Å². The Kier molecular flexibility index (Phi) is 3.69. The molecule has 1 heterocycles. The largest absolute Gasteiger partial charge is 0.351 e. The Balaban J connectivity index is 1.45. The van der Waals surface area contributed by atoms with E-state index in [0.717, 1.165) is 28.2 Å². The van der Waals surface area contributed by atoms with Gasteiger partial charge in [-0.3, -0.25) is 4.79 Å². The first-order valence-electron chi connectivity index (χ1n) is 7.79. The van der Waals surface area contributed by atoms with Crippen LogP contribution in [0, 0.1) is 0 Å². The number of aromatic nitrogens is 1. The van der Waals surface area contributed by atoms with Gasteiger partial charge in [-0.05, 0) is 47.6 Å². The fourth-order valence-electron chi connectivity index (χ4n) is 3.38. The lowest BCUT2D eigenvalue weighted by molar-refractivity contribution is -0.122. The van der Waals surface area contributed by atoms with E-state index < -0.39 is 0 Å². The molecule has 1 amide bonds. The van der Waals surface area contributed by atoms with Crippen LogP contribution in [0.15, 0.2) is 59.2 Å². The van der Waals surface area contributed by atoms with Crippen LogP contribution in [0.5, 0.6) is 0 Å². The molecule has 2 aromatic carbocycles. The Labute approximate surface area is 143 Å². The van der Waals surface area contributed by atoms with Crippen molar-refractivity contribution in [3.8, 4) is 0 Å². The summed E-state index contributed by atoms with van der Waals surface area (Å²) in [5.41, 5.74) is 3.78. The predicted octanol–water partition coefficient (Wildman–Crippen LogP) is 3.69. The highest BCUT2D eigenvalue weighted by Crippen LogP contribution is 2.22. The van der Waals surface area contributed by atoms with E-state index in [1.165, 1.54) is 11.1 Å². The summed E-state index contributed by atoms with van der Waals surface area (Å²) in [6.07, 6.45) is 3.83. The van der Waals surface area contributed by atoms with E-state index in [-0.39, 0.29) is 11.9 Å². The van der Waals surface area contributed by atoms with Gasteiger partial charge in [-0.15, -0.1) is 0 Å². The number of benzene rings is 2. The number of nitrogens with one attached hydrogen (secondary N) is 1. The van der Waals surface area contributed by atoms with Crippen LogP contribution in [0.2, 0.25) is 0 Å². The standard InChI is InChI=1S/C19H17BrN2O/c20-16-6-5-13-7-8-22(18(13)11-16)12-19(23)21-17-9-14-3-1-2-4-15(14)10-17/h1-8,11,17H,9-10,12H2,(H,21,23). The monoisotopic (exact) mass is 368 g/mol. The van der Waals surface area contributed by atoms with Crippen molar-refractivity contribution in [2.45, 2.75) is 25.4 Å². The second-order valence-electron chi connectivity index (χ2n) is 6.09. The first-order chi connectivity index (χ1) is 11.2. The van der Waals surface area contributed by atoms with Crippen LogP contribution in [-0.4, -0.2) is 16.5 Å². The Morgan fingerprint density at radius 3 is 2.61 bits per heavy atom. The zero-order valence-corrected chi connectivity index (χ0v) is 14.2. The van der Waals surface area contributed by atoms with E-state index in [1.54, 1.807) is 0 Å². The van der Waals surface area contributed by atoms with Gasteiger partial charge in [-0.25, -0.2) is 0 Å². The van der Waals surface area contributed by atoms with Gasteiger partial charge in [0.25, 0.3) is 0 Å². The molecule has 1 aromatic heterocycles. The van der Waals surface area contributed by atoms with Crippen molar-refractivity contribution in [3.05, 3.63) is 70.3 Å². The van der Waals surface area contributed by atoms with Crippen molar-refractivity contribution in [2.24, 2.45) is 0 Å². The zero-order valence-electron chi connectivity index (χ0n) is 12.6. The number of nitrogens with zero attached hydrogens (tertiary/aromatic N) is 1. The molecule has 0 unspecified atom stereocenters. The number of hydrogen-bond acceptors (Lipinski definition) is 1. The minimum Gasteiger partial charge on any atom is -0.351 e. The van der Waals surface area contributed by atoms with Gasteiger partial charge in [-0.1, -0.05) is 46.3 Å². The molecule has 23 heavy (non-hydrogen) atoms. The maximum absolute atomic E-state index is 12.4. The summed E-state index contributed by atoms with van der Waals surface area (Å²) in [5, 5.41) is 4.32. The summed E-state index contributed by atoms with van der Waals surface area (Å²) in [6, 6.07) is 16.8. The van der Waals surface area contributed by atoms with Crippen molar-refractivity contribution >= 4 is 32.7 Å². The SMILES string of the molecule is O=C(Cn1ccc2ccc(Br)cc21)NC1Cc2ccccc2C1. The summed E-state index contributed by atoms with van der Waals surface area (Å²) in [7, 11) is 0. The maximum atomic E-state index is 12.4. The van der Waals surface area contributed by atoms with Crippen molar-refractivity contribution in [1.82, 2.24) is 9.88 Å². The molecule has 0 spiro atoms. The van der Waals surface area contributed by atoms with Crippen molar-refractivity contribution in [2.75, 3.05) is 0 Å². The molecule has 0 bridgehead atoms. The van der Waals surface area contributed by atoms with Crippen LogP contribution >= 0.6 is 15.9 Å². The number of halogens is 1. The fourth-order valence-corrected chi connectivity index (χ4v) is 3.73. The first-order valence-corrected chi connectivity index (χ1v) is 8.59. The lowest BCUT2D eigenvalue weighted by Crippen LogP contribution is -2.37. The predicted molar refractivity (Wildman–Crippen MR) is 95.4 cm³/mol. The highest BCUT2D eigenvalue weighted by Gasteiger charge is 2.22. The van der Waals surface area contributed by atoms with Crippen LogP contribution in [0.25, 0.3) is 10.9 Å². The Bertz CT molecular complexity index is 859. The second-order valence-corrected chi connectivity index (χ2v) is 7.00. The molecule has 4 rings (SSSR count). The number of carbonyl (C=O) groups excluding carboxylic acids is 1. The molecule has 4 heteroatoms. The molecule has 1 aliphatic rings. The summed E-state index contributed by atoms with van der Waals surface area (Å²) >= 11 is 3.49. The van der Waals surface area contributed by atoms with Gasteiger partial charge < -0.3 is 9.88 Å². The molecule has 0 aliphatic heterocycles. The van der Waals surface area contributed by atoms with Crippen molar-refractivity contribution in [3.63, 3.8) is 0 Å². The minimum absolute atomic E-state index is 0.0697. The molecule has 0 radical (unpaired) electrons. The molecule has 0 saturated heterocycles. The van der Waals surface area contributed by atoms with Gasteiger partial charge in [-0.2, -0.15) is 0 Å². The van der Waals surface area contributed by atoms with Gasteiger partial charge in [0.1, 0.15) is 6.54 Å². The maximum Gasteiger partial charge on any atom is 0.240 e.